The summed E-state index contributed by atoms with van der Waals surface area (Å²) in [5, 5.41) is 12.7. The summed E-state index contributed by atoms with van der Waals surface area (Å²) < 4.78 is 0. The molecule has 0 spiro atoms. The number of thioether (sulfide) groups is 1. The van der Waals surface area contributed by atoms with Crippen molar-refractivity contribution in [3.05, 3.63) is 45.9 Å². The molecule has 6 rings (SSSR count). The van der Waals surface area contributed by atoms with Crippen molar-refractivity contribution in [3.8, 4) is 0 Å². The average Bonchev–Trinajstić information content (AvgIpc) is 3.60. The number of carboxylic acid groups (broad SMARTS) is 1. The van der Waals surface area contributed by atoms with E-state index in [9.17, 15) is 24.3 Å². The van der Waals surface area contributed by atoms with Crippen molar-refractivity contribution in [2.75, 3.05) is 44.6 Å². The molecule has 2 N–H and O–H groups in total. The minimum absolute atomic E-state index is 0.00590. The van der Waals surface area contributed by atoms with Crippen LogP contribution in [0.3, 0.4) is 0 Å². The van der Waals surface area contributed by atoms with Crippen LogP contribution in [0.15, 0.2) is 30.5 Å². The fraction of sp³-hybridized carbons (Fsp3) is 0.618. The molecular weight excluding hydrogens is 637 g/mol. The molecular formula is C34H46N6O5S2. The van der Waals surface area contributed by atoms with E-state index in [1.165, 1.54) is 4.90 Å². The third-order valence-electron chi connectivity index (χ3n) is 9.90. The molecule has 11 nitrogen and oxygen atoms in total. The molecule has 4 aliphatic rings. The number of hydrogen-bond donors (Lipinski definition) is 2. The Hall–Kier alpha value is -3.32. The second-order valence-electron chi connectivity index (χ2n) is 14.3. The summed E-state index contributed by atoms with van der Waals surface area (Å²) in [5.41, 5.74) is 2.06. The van der Waals surface area contributed by atoms with E-state index in [0.717, 1.165) is 59.7 Å². The van der Waals surface area contributed by atoms with Crippen LogP contribution in [0, 0.1) is 5.41 Å². The highest BCUT2D eigenvalue weighted by Crippen LogP contribution is 2.47. The Morgan fingerprint density at radius 3 is 2.40 bits per heavy atom. The Morgan fingerprint density at radius 1 is 1.00 bits per heavy atom. The summed E-state index contributed by atoms with van der Waals surface area (Å²) in [6.45, 7) is 9.93. The predicted octanol–water partition coefficient (Wildman–Crippen LogP) is 5.85. The van der Waals surface area contributed by atoms with E-state index in [2.05, 4.69) is 32.2 Å². The monoisotopic (exact) mass is 682 g/mol. The second kappa shape index (κ2) is 14.0. The lowest BCUT2D eigenvalue weighted by Gasteiger charge is -2.38. The summed E-state index contributed by atoms with van der Waals surface area (Å²) in [6.07, 6.45) is 5.74. The van der Waals surface area contributed by atoms with Gasteiger partial charge in [0.15, 0.2) is 0 Å². The third kappa shape index (κ3) is 7.72. The van der Waals surface area contributed by atoms with Crippen LogP contribution in [0.25, 0.3) is 0 Å². The van der Waals surface area contributed by atoms with E-state index in [1.54, 1.807) is 23.1 Å². The summed E-state index contributed by atoms with van der Waals surface area (Å²) in [6, 6.07) is 7.92. The summed E-state index contributed by atoms with van der Waals surface area (Å²) >= 11 is 3.18. The molecule has 13 heteroatoms. The van der Waals surface area contributed by atoms with Gasteiger partial charge in [-0.25, -0.2) is 14.6 Å². The van der Waals surface area contributed by atoms with Crippen molar-refractivity contribution in [2.24, 2.45) is 5.41 Å². The van der Waals surface area contributed by atoms with Crippen LogP contribution in [0.4, 0.5) is 15.3 Å². The van der Waals surface area contributed by atoms with Gasteiger partial charge in [-0.3, -0.25) is 9.59 Å². The Kier molecular flexibility index (Phi) is 10.0. The summed E-state index contributed by atoms with van der Waals surface area (Å²) in [7, 11) is 0. The number of anilines is 1. The van der Waals surface area contributed by atoms with Crippen LogP contribution < -0.4 is 5.32 Å². The topological polar surface area (TPSA) is 126 Å². The number of rotatable bonds is 7. The van der Waals surface area contributed by atoms with Crippen molar-refractivity contribution in [1.29, 1.82) is 0 Å². The summed E-state index contributed by atoms with van der Waals surface area (Å²) in [4.78, 5) is 64.8. The van der Waals surface area contributed by atoms with Crippen molar-refractivity contribution < 1.29 is 24.3 Å². The smallest absolute Gasteiger partial charge is 0.407 e. The molecule has 1 unspecified atom stereocenters. The first-order valence-electron chi connectivity index (χ1n) is 16.8. The minimum Gasteiger partial charge on any atom is -0.465 e. The molecule has 3 fully saturated rings. The number of benzene rings is 1. The maximum absolute atomic E-state index is 13.9. The van der Waals surface area contributed by atoms with Gasteiger partial charge in [0.1, 0.15) is 5.37 Å². The molecule has 5 heterocycles. The Balaban J connectivity index is 1.07. The number of amides is 5. The van der Waals surface area contributed by atoms with E-state index in [1.807, 2.05) is 39.1 Å². The van der Waals surface area contributed by atoms with Crippen molar-refractivity contribution >= 4 is 52.7 Å². The Labute approximate surface area is 285 Å². The van der Waals surface area contributed by atoms with Crippen LogP contribution >= 0.6 is 23.1 Å². The first-order valence-corrected chi connectivity index (χ1v) is 18.6. The normalized spacial score (nSPS) is 23.1. The van der Waals surface area contributed by atoms with Crippen LogP contribution in [0.5, 0.6) is 0 Å². The molecule has 0 aliphatic carbocycles. The minimum atomic E-state index is -0.875. The Bertz CT molecular complexity index is 1480. The number of para-hydroxylation sites is 1. The van der Waals surface area contributed by atoms with Gasteiger partial charge in [-0.1, -0.05) is 39.0 Å². The molecule has 1 aromatic heterocycles. The molecule has 47 heavy (non-hydrogen) atoms. The number of likely N-dealkylation sites (tertiary alicyclic amines) is 2. The number of nitrogens with zero attached hydrogens (tertiary/aromatic N) is 5. The van der Waals surface area contributed by atoms with Gasteiger partial charge in [-0.05, 0) is 55.6 Å². The first-order chi connectivity index (χ1) is 22.5. The average molecular weight is 683 g/mol. The molecule has 3 saturated heterocycles. The highest BCUT2D eigenvalue weighted by atomic mass is 32.2. The fourth-order valence-electron chi connectivity index (χ4n) is 7.00. The number of piperidine rings is 2. The van der Waals surface area contributed by atoms with E-state index in [0.29, 0.717) is 39.3 Å². The SMILES string of the molecule is CC(C)(C)CCN1C(=O)[C@H](CC(=O)N2CCC(N3CCc4ccccc4NC3=O)CC2)SC1c1cnc(C2CCN(C(=O)O)CC2)s1. The number of nitrogens with one attached hydrogen (secondary N) is 1. The maximum Gasteiger partial charge on any atom is 0.407 e. The van der Waals surface area contributed by atoms with Gasteiger partial charge in [0.25, 0.3) is 0 Å². The van der Waals surface area contributed by atoms with Crippen molar-refractivity contribution in [1.82, 2.24) is 24.6 Å². The number of urea groups is 1. The lowest BCUT2D eigenvalue weighted by molar-refractivity contribution is -0.137. The van der Waals surface area contributed by atoms with Crippen LogP contribution in [-0.4, -0.2) is 104 Å². The van der Waals surface area contributed by atoms with Crippen molar-refractivity contribution in [3.63, 3.8) is 0 Å². The van der Waals surface area contributed by atoms with Gasteiger partial charge in [-0.2, -0.15) is 0 Å². The van der Waals surface area contributed by atoms with Gasteiger partial charge in [-0.15, -0.1) is 23.1 Å². The molecule has 254 valence electrons. The van der Waals surface area contributed by atoms with Gasteiger partial charge in [0.05, 0.1) is 15.1 Å². The molecule has 5 amide bonds. The van der Waals surface area contributed by atoms with E-state index >= 15 is 0 Å². The quantitative estimate of drug-likeness (QED) is 0.375. The number of fused-ring (bicyclic) bond motifs is 1. The van der Waals surface area contributed by atoms with E-state index in [4.69, 9.17) is 4.98 Å². The first kappa shape index (κ1) is 33.6. The zero-order chi connectivity index (χ0) is 33.3. The van der Waals surface area contributed by atoms with E-state index in [-0.39, 0.29) is 47.0 Å². The maximum atomic E-state index is 13.9. The van der Waals surface area contributed by atoms with Gasteiger partial charge < -0.3 is 30.0 Å². The number of thiazole rings is 1. The number of carbonyl (C=O) groups is 4. The van der Waals surface area contributed by atoms with Gasteiger partial charge >= 0.3 is 12.1 Å². The second-order valence-corrected chi connectivity index (χ2v) is 16.7. The third-order valence-corrected chi connectivity index (χ3v) is 12.7. The highest BCUT2D eigenvalue weighted by molar-refractivity contribution is 8.01. The fourth-order valence-corrected chi connectivity index (χ4v) is 9.75. The molecule has 2 atom stereocenters. The zero-order valence-electron chi connectivity index (χ0n) is 27.5. The lowest BCUT2D eigenvalue weighted by atomic mass is 9.92. The molecule has 0 saturated carbocycles. The molecule has 0 bridgehead atoms. The molecule has 1 aromatic carbocycles. The summed E-state index contributed by atoms with van der Waals surface area (Å²) in [5.74, 6) is 0.220. The predicted molar refractivity (Wildman–Crippen MR) is 184 cm³/mol. The van der Waals surface area contributed by atoms with Crippen LogP contribution in [0.2, 0.25) is 0 Å². The van der Waals surface area contributed by atoms with Crippen LogP contribution in [0.1, 0.15) is 86.0 Å². The van der Waals surface area contributed by atoms with Crippen LogP contribution in [-0.2, 0) is 16.0 Å². The van der Waals surface area contributed by atoms with E-state index < -0.39 is 11.3 Å². The number of hydrogen-bond acceptors (Lipinski definition) is 7. The standard InChI is InChI=1S/C34H46N6O5S2/c1-34(2,3)13-19-40-30(42)26(47-31(40)27-21-35-29(46-27)23-8-14-38(15-9-23)33(44)45)20-28(41)37-16-11-24(12-17-37)39-18-10-22-6-4-5-7-25(22)36-32(39)43/h4-7,21,23-24,26,31H,8-20H2,1-3H3,(H,36,43)(H,44,45)/t26-,31?/m0/s1. The molecule has 2 aromatic rings. The van der Waals surface area contributed by atoms with Gasteiger partial charge in [0.2, 0.25) is 11.8 Å². The van der Waals surface area contributed by atoms with Gasteiger partial charge in [0, 0.05) is 69.5 Å². The zero-order valence-corrected chi connectivity index (χ0v) is 29.2. The molecule has 4 aliphatic heterocycles. The highest BCUT2D eigenvalue weighted by Gasteiger charge is 2.44. The Morgan fingerprint density at radius 2 is 1.70 bits per heavy atom. The number of carbonyl (C=O) groups excluding carboxylic acids is 3. The lowest BCUT2D eigenvalue weighted by Crippen LogP contribution is -2.50. The number of aromatic nitrogens is 1. The largest absolute Gasteiger partial charge is 0.465 e. The molecule has 0 radical (unpaired) electrons. The van der Waals surface area contributed by atoms with Crippen molar-refractivity contribution in [2.45, 2.75) is 88.3 Å².